The van der Waals surface area contributed by atoms with E-state index < -0.39 is 18.5 Å². The van der Waals surface area contributed by atoms with Crippen molar-refractivity contribution in [1.82, 2.24) is 0 Å². The number of esters is 1. The first-order chi connectivity index (χ1) is 11.0. The van der Waals surface area contributed by atoms with Crippen LogP contribution in [0.2, 0.25) is 0 Å². The molecule has 116 valence electrons. The van der Waals surface area contributed by atoms with Crippen molar-refractivity contribution in [3.8, 4) is 6.07 Å². The van der Waals surface area contributed by atoms with Crippen LogP contribution < -0.4 is 5.32 Å². The number of ether oxygens (including phenoxy) is 1. The van der Waals surface area contributed by atoms with Crippen molar-refractivity contribution < 1.29 is 14.3 Å². The van der Waals surface area contributed by atoms with Gasteiger partial charge in [-0.05, 0) is 43.2 Å². The Morgan fingerprint density at radius 1 is 1.13 bits per heavy atom. The SMILES string of the molecule is Cc1cccc(C(=O)OCC(=O)Nc2ccccc2C#N)c1C. The Hall–Kier alpha value is -3.13. The first-order valence-electron chi connectivity index (χ1n) is 7.05. The number of benzene rings is 2. The summed E-state index contributed by atoms with van der Waals surface area (Å²) in [6.07, 6.45) is 0. The van der Waals surface area contributed by atoms with Gasteiger partial charge in [-0.3, -0.25) is 4.79 Å². The molecule has 5 heteroatoms. The second-order valence-corrected chi connectivity index (χ2v) is 5.03. The van der Waals surface area contributed by atoms with Crippen molar-refractivity contribution in [2.24, 2.45) is 0 Å². The number of nitriles is 1. The molecule has 0 radical (unpaired) electrons. The molecule has 1 amide bonds. The van der Waals surface area contributed by atoms with Gasteiger partial charge >= 0.3 is 5.97 Å². The van der Waals surface area contributed by atoms with Gasteiger partial charge in [0.25, 0.3) is 5.91 Å². The number of anilines is 1. The van der Waals surface area contributed by atoms with E-state index >= 15 is 0 Å². The number of rotatable bonds is 4. The average molecular weight is 308 g/mol. The van der Waals surface area contributed by atoms with Crippen LogP contribution in [0.4, 0.5) is 5.69 Å². The van der Waals surface area contributed by atoms with E-state index in [2.05, 4.69) is 5.32 Å². The van der Waals surface area contributed by atoms with E-state index in [1.165, 1.54) is 0 Å². The molecule has 0 aliphatic rings. The number of amides is 1. The first-order valence-corrected chi connectivity index (χ1v) is 7.05. The van der Waals surface area contributed by atoms with Crippen molar-refractivity contribution >= 4 is 17.6 Å². The van der Waals surface area contributed by atoms with E-state index in [9.17, 15) is 9.59 Å². The summed E-state index contributed by atoms with van der Waals surface area (Å²) in [5, 5.41) is 11.5. The summed E-state index contributed by atoms with van der Waals surface area (Å²) in [5.74, 6) is -1.04. The Balaban J connectivity index is 1.98. The standard InChI is InChI=1S/C18H16N2O3/c1-12-6-5-8-15(13(12)2)18(22)23-11-17(21)20-16-9-4-3-7-14(16)10-19/h3-9H,11H2,1-2H3,(H,20,21). The minimum Gasteiger partial charge on any atom is -0.452 e. The summed E-state index contributed by atoms with van der Waals surface area (Å²) in [5.41, 5.74) is 2.99. The number of para-hydroxylation sites is 1. The van der Waals surface area contributed by atoms with E-state index in [1.807, 2.05) is 26.0 Å². The third-order valence-electron chi connectivity index (χ3n) is 3.48. The van der Waals surface area contributed by atoms with Gasteiger partial charge in [-0.25, -0.2) is 4.79 Å². The van der Waals surface area contributed by atoms with Crippen molar-refractivity contribution in [3.63, 3.8) is 0 Å². The number of carbonyl (C=O) groups excluding carboxylic acids is 2. The minimum atomic E-state index is -0.546. The molecule has 0 unspecified atom stereocenters. The van der Waals surface area contributed by atoms with E-state index in [0.29, 0.717) is 16.8 Å². The van der Waals surface area contributed by atoms with E-state index in [0.717, 1.165) is 11.1 Å². The summed E-state index contributed by atoms with van der Waals surface area (Å²) in [4.78, 5) is 23.9. The molecule has 0 saturated heterocycles. The van der Waals surface area contributed by atoms with Crippen LogP contribution in [0.25, 0.3) is 0 Å². The zero-order chi connectivity index (χ0) is 16.8. The maximum absolute atomic E-state index is 12.0. The lowest BCUT2D eigenvalue weighted by atomic mass is 10.0. The van der Waals surface area contributed by atoms with Crippen molar-refractivity contribution in [1.29, 1.82) is 5.26 Å². The predicted molar refractivity (Wildman–Crippen MR) is 86.0 cm³/mol. The predicted octanol–water partition coefficient (Wildman–Crippen LogP) is 2.97. The highest BCUT2D eigenvalue weighted by molar-refractivity contribution is 5.96. The van der Waals surface area contributed by atoms with Gasteiger partial charge in [0.2, 0.25) is 0 Å². The van der Waals surface area contributed by atoms with Crippen LogP contribution >= 0.6 is 0 Å². The maximum atomic E-state index is 12.0. The van der Waals surface area contributed by atoms with Crippen molar-refractivity contribution in [2.45, 2.75) is 13.8 Å². The molecule has 0 fully saturated rings. The van der Waals surface area contributed by atoms with Crippen LogP contribution in [-0.2, 0) is 9.53 Å². The van der Waals surface area contributed by atoms with Gasteiger partial charge in [-0.15, -0.1) is 0 Å². The lowest BCUT2D eigenvalue weighted by Gasteiger charge is -2.10. The molecule has 1 N–H and O–H groups in total. The number of aryl methyl sites for hydroxylation is 1. The Labute approximate surface area is 134 Å². The molecule has 0 aliphatic heterocycles. The van der Waals surface area contributed by atoms with Crippen molar-refractivity contribution in [2.75, 3.05) is 11.9 Å². The van der Waals surface area contributed by atoms with E-state index in [-0.39, 0.29) is 0 Å². The number of nitrogens with one attached hydrogen (secondary N) is 1. The van der Waals surface area contributed by atoms with Crippen LogP contribution in [0.3, 0.4) is 0 Å². The third-order valence-corrected chi connectivity index (χ3v) is 3.48. The van der Waals surface area contributed by atoms with Crippen LogP contribution in [0.1, 0.15) is 27.0 Å². The molecule has 2 rings (SSSR count). The van der Waals surface area contributed by atoms with Gasteiger partial charge in [0.15, 0.2) is 6.61 Å². The summed E-state index contributed by atoms with van der Waals surface area (Å²) in [6.45, 7) is 3.32. The molecule has 2 aromatic carbocycles. The molecule has 0 heterocycles. The average Bonchev–Trinajstić information content (AvgIpc) is 2.55. The summed E-state index contributed by atoms with van der Waals surface area (Å²) >= 11 is 0. The summed E-state index contributed by atoms with van der Waals surface area (Å²) < 4.78 is 5.04. The zero-order valence-electron chi connectivity index (χ0n) is 12.9. The van der Waals surface area contributed by atoms with Gasteiger partial charge in [0.05, 0.1) is 16.8 Å². The normalized spacial score (nSPS) is 9.78. The van der Waals surface area contributed by atoms with Gasteiger partial charge in [0, 0.05) is 0 Å². The monoisotopic (exact) mass is 308 g/mol. The molecule has 0 aliphatic carbocycles. The van der Waals surface area contributed by atoms with Crippen LogP contribution in [0.5, 0.6) is 0 Å². The minimum absolute atomic E-state index is 0.349. The zero-order valence-corrected chi connectivity index (χ0v) is 12.9. The number of hydrogen-bond acceptors (Lipinski definition) is 4. The highest BCUT2D eigenvalue weighted by atomic mass is 16.5. The lowest BCUT2D eigenvalue weighted by molar-refractivity contribution is -0.119. The smallest absolute Gasteiger partial charge is 0.338 e. The Morgan fingerprint density at radius 3 is 2.61 bits per heavy atom. The first kappa shape index (κ1) is 16.2. The van der Waals surface area contributed by atoms with E-state index in [4.69, 9.17) is 10.00 Å². The topological polar surface area (TPSA) is 79.2 Å². The molecule has 0 aromatic heterocycles. The second kappa shape index (κ2) is 7.23. The van der Waals surface area contributed by atoms with Crippen LogP contribution in [-0.4, -0.2) is 18.5 Å². The quantitative estimate of drug-likeness (QED) is 0.881. The Kier molecular flexibility index (Phi) is 5.11. The fourth-order valence-electron chi connectivity index (χ4n) is 2.06. The fourth-order valence-corrected chi connectivity index (χ4v) is 2.06. The van der Waals surface area contributed by atoms with Gasteiger partial charge in [-0.1, -0.05) is 24.3 Å². The molecule has 5 nitrogen and oxygen atoms in total. The van der Waals surface area contributed by atoms with Gasteiger partial charge < -0.3 is 10.1 Å². The maximum Gasteiger partial charge on any atom is 0.338 e. The number of nitrogens with zero attached hydrogens (tertiary/aromatic N) is 1. The van der Waals surface area contributed by atoms with Crippen LogP contribution in [0, 0.1) is 25.2 Å². The molecule has 2 aromatic rings. The van der Waals surface area contributed by atoms with Gasteiger partial charge in [0.1, 0.15) is 6.07 Å². The third kappa shape index (κ3) is 3.95. The van der Waals surface area contributed by atoms with Crippen molar-refractivity contribution in [3.05, 3.63) is 64.7 Å². The molecule has 23 heavy (non-hydrogen) atoms. The fraction of sp³-hybridized carbons (Fsp3) is 0.167. The molecular weight excluding hydrogens is 292 g/mol. The highest BCUT2D eigenvalue weighted by Gasteiger charge is 2.14. The number of carbonyl (C=O) groups is 2. The summed E-state index contributed by atoms with van der Waals surface area (Å²) in [7, 11) is 0. The summed E-state index contributed by atoms with van der Waals surface area (Å²) in [6, 6.07) is 13.9. The van der Waals surface area contributed by atoms with Crippen LogP contribution in [0.15, 0.2) is 42.5 Å². The Morgan fingerprint density at radius 2 is 1.87 bits per heavy atom. The molecule has 0 spiro atoms. The lowest BCUT2D eigenvalue weighted by Crippen LogP contribution is -2.21. The molecular formula is C18H16N2O3. The van der Waals surface area contributed by atoms with E-state index in [1.54, 1.807) is 36.4 Å². The molecule has 0 saturated carbocycles. The Bertz CT molecular complexity index is 791. The highest BCUT2D eigenvalue weighted by Crippen LogP contribution is 2.15. The molecule has 0 bridgehead atoms. The molecule has 0 atom stereocenters. The number of hydrogen-bond donors (Lipinski definition) is 1. The second-order valence-electron chi connectivity index (χ2n) is 5.03. The van der Waals surface area contributed by atoms with Gasteiger partial charge in [-0.2, -0.15) is 5.26 Å². The largest absolute Gasteiger partial charge is 0.452 e.